The molecule has 0 aliphatic carbocycles. The van der Waals surface area contributed by atoms with Gasteiger partial charge in [0.25, 0.3) is 5.78 Å². The van der Waals surface area contributed by atoms with Gasteiger partial charge in [-0.3, -0.25) is 14.5 Å². The number of ketones is 1. The van der Waals surface area contributed by atoms with E-state index >= 15 is 0 Å². The molecule has 4 aromatic rings. The number of hydrogen-bond donors (Lipinski definition) is 1. The maximum Gasteiger partial charge on any atom is 0.301 e. The molecule has 1 amide bonds. The molecule has 3 heterocycles. The average molecular weight is 599 g/mol. The second-order valence-electron chi connectivity index (χ2n) is 10.9. The number of aliphatic hydroxyl groups is 1. The Kier molecular flexibility index (Phi) is 7.83. The Morgan fingerprint density at radius 1 is 1.07 bits per heavy atom. The SMILES string of the molecule is CCCCOc1ccc([C@@H]2/C(=C(\O)c3ccc4c(c3)C[C@@H](C)O4)C(=O)C(=O)N2c2nc3ccc(C)cc3s2)cc1OCC. The minimum Gasteiger partial charge on any atom is -0.507 e. The molecule has 6 rings (SSSR count). The van der Waals surface area contributed by atoms with Gasteiger partial charge in [0.05, 0.1) is 35.0 Å². The van der Waals surface area contributed by atoms with Crippen LogP contribution in [0, 0.1) is 6.92 Å². The van der Waals surface area contributed by atoms with Crippen LogP contribution in [0.25, 0.3) is 16.0 Å². The molecule has 1 saturated heterocycles. The molecule has 3 aromatic carbocycles. The summed E-state index contributed by atoms with van der Waals surface area (Å²) in [6.45, 7) is 8.90. The van der Waals surface area contributed by atoms with Gasteiger partial charge in [-0.25, -0.2) is 4.98 Å². The number of anilines is 1. The monoisotopic (exact) mass is 598 g/mol. The van der Waals surface area contributed by atoms with Crippen molar-refractivity contribution in [3.05, 3.63) is 82.4 Å². The summed E-state index contributed by atoms with van der Waals surface area (Å²) in [7, 11) is 0. The number of fused-ring (bicyclic) bond motifs is 2. The molecule has 1 N–H and O–H groups in total. The van der Waals surface area contributed by atoms with Crippen LogP contribution in [0.1, 0.15) is 61.9 Å². The van der Waals surface area contributed by atoms with Crippen molar-refractivity contribution in [1.29, 1.82) is 0 Å². The Labute approximate surface area is 254 Å². The third-order valence-electron chi connectivity index (χ3n) is 7.69. The number of carbonyl (C=O) groups excluding carboxylic acids is 2. The summed E-state index contributed by atoms with van der Waals surface area (Å²) in [5, 5.41) is 12.1. The van der Waals surface area contributed by atoms with E-state index in [0.29, 0.717) is 47.4 Å². The highest BCUT2D eigenvalue weighted by atomic mass is 32.1. The highest BCUT2D eigenvalue weighted by molar-refractivity contribution is 7.22. The van der Waals surface area contributed by atoms with Crippen LogP contribution in [0.4, 0.5) is 5.13 Å². The molecule has 1 fully saturated rings. The molecule has 2 aliphatic heterocycles. The third-order valence-corrected chi connectivity index (χ3v) is 8.71. The fourth-order valence-corrected chi connectivity index (χ4v) is 6.69. The summed E-state index contributed by atoms with van der Waals surface area (Å²) < 4.78 is 18.7. The Hall–Kier alpha value is -4.37. The molecule has 2 aliphatic rings. The summed E-state index contributed by atoms with van der Waals surface area (Å²) in [5.74, 6) is 0.0766. The predicted molar refractivity (Wildman–Crippen MR) is 167 cm³/mol. The summed E-state index contributed by atoms with van der Waals surface area (Å²) >= 11 is 1.34. The maximum absolute atomic E-state index is 13.8. The molecule has 43 heavy (non-hydrogen) atoms. The number of aliphatic hydroxyl groups excluding tert-OH is 1. The highest BCUT2D eigenvalue weighted by Crippen LogP contribution is 2.46. The van der Waals surface area contributed by atoms with Gasteiger partial charge in [-0.2, -0.15) is 0 Å². The number of hydrogen-bond acceptors (Lipinski definition) is 8. The smallest absolute Gasteiger partial charge is 0.301 e. The second-order valence-corrected chi connectivity index (χ2v) is 11.9. The molecule has 0 saturated carbocycles. The van der Waals surface area contributed by atoms with Crippen LogP contribution in [-0.4, -0.2) is 41.1 Å². The Bertz CT molecular complexity index is 1760. The predicted octanol–water partition coefficient (Wildman–Crippen LogP) is 7.13. The number of aryl methyl sites for hydroxylation is 1. The molecule has 1 aromatic heterocycles. The van der Waals surface area contributed by atoms with E-state index in [-0.39, 0.29) is 17.4 Å². The molecular formula is C34H34N2O6S. The summed E-state index contributed by atoms with van der Waals surface area (Å²) in [6, 6.07) is 15.7. The number of nitrogens with zero attached hydrogens (tertiary/aromatic N) is 2. The van der Waals surface area contributed by atoms with Gasteiger partial charge in [-0.1, -0.05) is 36.8 Å². The van der Waals surface area contributed by atoms with Gasteiger partial charge in [-0.15, -0.1) is 0 Å². The maximum atomic E-state index is 13.8. The lowest BCUT2D eigenvalue weighted by molar-refractivity contribution is -0.132. The fourth-order valence-electron chi connectivity index (χ4n) is 5.60. The lowest BCUT2D eigenvalue weighted by Crippen LogP contribution is -2.29. The van der Waals surface area contributed by atoms with Crippen molar-refractivity contribution in [3.8, 4) is 17.2 Å². The van der Waals surface area contributed by atoms with Crippen molar-refractivity contribution < 1.29 is 28.9 Å². The lowest BCUT2D eigenvalue weighted by atomic mass is 9.94. The number of benzene rings is 3. The van der Waals surface area contributed by atoms with E-state index < -0.39 is 17.7 Å². The molecule has 0 spiro atoms. The van der Waals surface area contributed by atoms with E-state index in [9.17, 15) is 14.7 Å². The standard InChI is InChI=1S/C34H34N2O6S/c1-5-7-14-41-26-13-9-21(18-27(26)40-6-2)30-29(31(37)22-10-12-25-23(17-22)16-20(4)42-25)32(38)33(39)36(30)34-35-24-11-8-19(3)15-28(24)43-34/h8-13,15,17-18,20,30,37H,5-7,14,16H2,1-4H3/b31-29+/t20-,30-/m1/s1. The van der Waals surface area contributed by atoms with E-state index in [1.165, 1.54) is 16.2 Å². The minimum absolute atomic E-state index is 0.00514. The van der Waals surface area contributed by atoms with Crippen LogP contribution >= 0.6 is 11.3 Å². The van der Waals surface area contributed by atoms with E-state index in [2.05, 4.69) is 6.92 Å². The van der Waals surface area contributed by atoms with Crippen molar-refractivity contribution in [2.45, 2.75) is 59.1 Å². The first-order valence-electron chi connectivity index (χ1n) is 14.7. The van der Waals surface area contributed by atoms with Gasteiger partial charge in [0.15, 0.2) is 16.6 Å². The molecule has 9 heteroatoms. The van der Waals surface area contributed by atoms with Crippen LogP contribution < -0.4 is 19.1 Å². The van der Waals surface area contributed by atoms with Crippen LogP contribution in [0.15, 0.2) is 60.2 Å². The number of rotatable bonds is 9. The molecule has 0 radical (unpaired) electrons. The highest BCUT2D eigenvalue weighted by Gasteiger charge is 2.48. The average Bonchev–Trinajstić information content (AvgIpc) is 3.65. The van der Waals surface area contributed by atoms with E-state index in [1.807, 2.05) is 51.1 Å². The van der Waals surface area contributed by atoms with Gasteiger partial charge < -0.3 is 19.3 Å². The van der Waals surface area contributed by atoms with Crippen LogP contribution in [0.2, 0.25) is 0 Å². The van der Waals surface area contributed by atoms with E-state index in [1.54, 1.807) is 24.3 Å². The van der Waals surface area contributed by atoms with Crippen LogP contribution in [0.3, 0.4) is 0 Å². The van der Waals surface area contributed by atoms with Crippen molar-refractivity contribution in [3.63, 3.8) is 0 Å². The minimum atomic E-state index is -0.936. The van der Waals surface area contributed by atoms with Crippen molar-refractivity contribution in [2.75, 3.05) is 18.1 Å². The number of unbranched alkanes of at least 4 members (excludes halogenated alkanes) is 1. The van der Waals surface area contributed by atoms with Crippen LogP contribution in [0.5, 0.6) is 17.2 Å². The third kappa shape index (κ3) is 5.33. The Balaban J connectivity index is 1.51. The molecule has 2 atom stereocenters. The normalized spacial score (nSPS) is 19.1. The zero-order chi connectivity index (χ0) is 30.2. The van der Waals surface area contributed by atoms with Gasteiger partial charge in [0, 0.05) is 12.0 Å². The van der Waals surface area contributed by atoms with Gasteiger partial charge in [0.2, 0.25) is 0 Å². The topological polar surface area (TPSA) is 98.2 Å². The quantitative estimate of drug-likeness (QED) is 0.0947. The number of Topliss-reactive ketones (excluding diaryl/α,β-unsaturated/α-hetero) is 1. The van der Waals surface area contributed by atoms with E-state index in [0.717, 1.165) is 39.9 Å². The number of ether oxygens (including phenoxy) is 3. The Morgan fingerprint density at radius 3 is 2.70 bits per heavy atom. The van der Waals surface area contributed by atoms with Gasteiger partial charge >= 0.3 is 5.91 Å². The van der Waals surface area contributed by atoms with Crippen molar-refractivity contribution >= 4 is 44.1 Å². The zero-order valence-corrected chi connectivity index (χ0v) is 25.5. The molecule has 8 nitrogen and oxygen atoms in total. The van der Waals surface area contributed by atoms with Gasteiger partial charge in [-0.05, 0) is 86.3 Å². The molecule has 0 bridgehead atoms. The molecular weight excluding hydrogens is 564 g/mol. The fraction of sp³-hybridized carbons (Fsp3) is 0.324. The second kappa shape index (κ2) is 11.7. The summed E-state index contributed by atoms with van der Waals surface area (Å²) in [4.78, 5) is 33.7. The Morgan fingerprint density at radius 2 is 1.91 bits per heavy atom. The zero-order valence-electron chi connectivity index (χ0n) is 24.7. The number of thiazole rings is 1. The van der Waals surface area contributed by atoms with E-state index in [4.69, 9.17) is 19.2 Å². The lowest BCUT2D eigenvalue weighted by Gasteiger charge is -2.24. The number of amides is 1. The largest absolute Gasteiger partial charge is 0.507 e. The number of carbonyl (C=O) groups is 2. The first kappa shape index (κ1) is 28.7. The summed E-state index contributed by atoms with van der Waals surface area (Å²) in [5.41, 5.74) is 3.78. The number of aromatic nitrogens is 1. The van der Waals surface area contributed by atoms with Gasteiger partial charge in [0.1, 0.15) is 17.6 Å². The molecule has 222 valence electrons. The van der Waals surface area contributed by atoms with Crippen molar-refractivity contribution in [1.82, 2.24) is 4.98 Å². The first-order chi connectivity index (χ1) is 20.8. The first-order valence-corrected chi connectivity index (χ1v) is 15.5. The van der Waals surface area contributed by atoms with Crippen molar-refractivity contribution in [2.24, 2.45) is 0 Å². The summed E-state index contributed by atoms with van der Waals surface area (Å²) in [6.07, 6.45) is 2.61. The van der Waals surface area contributed by atoms with Crippen LogP contribution in [-0.2, 0) is 16.0 Å². The molecule has 0 unspecified atom stereocenters.